The minimum Gasteiger partial charge on any atom is -0.281 e. The molecule has 0 heterocycles. The average Bonchev–Trinajstić information content (AvgIpc) is 2.26. The van der Waals surface area contributed by atoms with E-state index < -0.39 is 0 Å². The van der Waals surface area contributed by atoms with Crippen LogP contribution in [0.25, 0.3) is 0 Å². The van der Waals surface area contributed by atoms with Crippen LogP contribution >= 0.6 is 11.6 Å². The summed E-state index contributed by atoms with van der Waals surface area (Å²) in [6.07, 6.45) is 9.07. The van der Waals surface area contributed by atoms with Crippen molar-refractivity contribution in [3.05, 3.63) is 0 Å². The molecule has 0 N–H and O–H groups in total. The fraction of sp³-hybridized carbons (Fsp3) is 0.923. The SMILES string of the molecule is CCCC(CC)C1(C(=O)Cl)CCCCC1. The van der Waals surface area contributed by atoms with Crippen molar-refractivity contribution >= 4 is 16.8 Å². The van der Waals surface area contributed by atoms with E-state index in [4.69, 9.17) is 11.6 Å². The van der Waals surface area contributed by atoms with E-state index in [1.54, 1.807) is 0 Å². The van der Waals surface area contributed by atoms with Crippen LogP contribution in [-0.2, 0) is 4.79 Å². The van der Waals surface area contributed by atoms with E-state index in [-0.39, 0.29) is 10.7 Å². The number of hydrogen-bond donors (Lipinski definition) is 0. The van der Waals surface area contributed by atoms with Gasteiger partial charge in [0.2, 0.25) is 5.24 Å². The third-order valence-electron chi connectivity index (χ3n) is 4.05. The molecule has 0 aromatic rings. The lowest BCUT2D eigenvalue weighted by Crippen LogP contribution is -2.38. The Hall–Kier alpha value is -0.0400. The largest absolute Gasteiger partial charge is 0.281 e. The van der Waals surface area contributed by atoms with Crippen molar-refractivity contribution in [2.24, 2.45) is 11.3 Å². The molecule has 1 atom stereocenters. The average molecular weight is 231 g/mol. The highest BCUT2D eigenvalue weighted by Gasteiger charge is 2.43. The molecule has 1 fully saturated rings. The first-order valence-electron chi connectivity index (χ1n) is 6.37. The Morgan fingerprint density at radius 3 is 2.27 bits per heavy atom. The summed E-state index contributed by atoms with van der Waals surface area (Å²) in [6, 6.07) is 0. The lowest BCUT2D eigenvalue weighted by molar-refractivity contribution is -0.126. The third kappa shape index (κ3) is 2.75. The Kier molecular flexibility index (Phi) is 5.11. The van der Waals surface area contributed by atoms with E-state index in [9.17, 15) is 4.79 Å². The smallest absolute Gasteiger partial charge is 0.228 e. The molecular formula is C13H23ClO. The van der Waals surface area contributed by atoms with Crippen LogP contribution in [0.1, 0.15) is 65.2 Å². The van der Waals surface area contributed by atoms with Gasteiger partial charge >= 0.3 is 0 Å². The van der Waals surface area contributed by atoms with Gasteiger partial charge in [-0.05, 0) is 36.8 Å². The summed E-state index contributed by atoms with van der Waals surface area (Å²) < 4.78 is 0. The molecule has 1 rings (SSSR count). The van der Waals surface area contributed by atoms with Crippen molar-refractivity contribution in [1.29, 1.82) is 0 Å². The molecule has 1 aliphatic rings. The Morgan fingerprint density at radius 1 is 1.27 bits per heavy atom. The van der Waals surface area contributed by atoms with Gasteiger partial charge in [-0.2, -0.15) is 0 Å². The maximum absolute atomic E-state index is 11.8. The molecule has 0 saturated heterocycles. The molecule has 0 amide bonds. The molecule has 1 saturated carbocycles. The molecule has 0 aromatic heterocycles. The summed E-state index contributed by atoms with van der Waals surface area (Å²) in [4.78, 5) is 11.8. The van der Waals surface area contributed by atoms with E-state index in [0.717, 1.165) is 32.1 Å². The van der Waals surface area contributed by atoms with Gasteiger partial charge in [-0.1, -0.05) is 46.0 Å². The molecular weight excluding hydrogens is 208 g/mol. The molecule has 1 aliphatic carbocycles. The van der Waals surface area contributed by atoms with E-state index >= 15 is 0 Å². The Balaban J connectivity index is 2.81. The van der Waals surface area contributed by atoms with Gasteiger partial charge < -0.3 is 0 Å². The first-order chi connectivity index (χ1) is 7.17. The predicted octanol–water partition coefficient (Wildman–Crippen LogP) is 4.53. The number of carbonyl (C=O) groups excluding carboxylic acids is 1. The monoisotopic (exact) mass is 230 g/mol. The minimum absolute atomic E-state index is 0.0671. The van der Waals surface area contributed by atoms with Gasteiger partial charge in [0.05, 0.1) is 0 Å². The van der Waals surface area contributed by atoms with Crippen molar-refractivity contribution in [2.45, 2.75) is 65.2 Å². The van der Waals surface area contributed by atoms with Crippen molar-refractivity contribution in [3.8, 4) is 0 Å². The number of rotatable bonds is 5. The molecule has 1 unspecified atom stereocenters. The second-order valence-corrected chi connectivity index (χ2v) is 5.23. The van der Waals surface area contributed by atoms with Crippen molar-refractivity contribution < 1.29 is 4.79 Å². The van der Waals surface area contributed by atoms with Crippen LogP contribution in [0.4, 0.5) is 0 Å². The van der Waals surface area contributed by atoms with Gasteiger partial charge in [0.15, 0.2) is 0 Å². The second-order valence-electron chi connectivity index (χ2n) is 4.88. The normalized spacial score (nSPS) is 22.3. The summed E-state index contributed by atoms with van der Waals surface area (Å²) in [5.74, 6) is 0.507. The number of halogens is 1. The zero-order valence-corrected chi connectivity index (χ0v) is 10.8. The van der Waals surface area contributed by atoms with Gasteiger partial charge in [-0.15, -0.1) is 0 Å². The Morgan fingerprint density at radius 2 is 1.87 bits per heavy atom. The first-order valence-corrected chi connectivity index (χ1v) is 6.75. The third-order valence-corrected chi connectivity index (χ3v) is 4.43. The molecule has 1 nitrogen and oxygen atoms in total. The van der Waals surface area contributed by atoms with Crippen LogP contribution in [-0.4, -0.2) is 5.24 Å². The standard InChI is InChI=1S/C13H23ClO/c1-3-8-11(4-2)13(12(14)15)9-6-5-7-10-13/h11H,3-10H2,1-2H3. The van der Waals surface area contributed by atoms with E-state index in [1.165, 1.54) is 19.3 Å². The van der Waals surface area contributed by atoms with Crippen molar-refractivity contribution in [3.63, 3.8) is 0 Å². The highest BCUT2D eigenvalue weighted by Crippen LogP contribution is 2.47. The molecule has 0 bridgehead atoms. The first kappa shape index (κ1) is 13.0. The topological polar surface area (TPSA) is 17.1 Å². The quantitative estimate of drug-likeness (QED) is 0.635. The van der Waals surface area contributed by atoms with Gasteiger partial charge in [-0.25, -0.2) is 0 Å². The Labute approximate surface area is 98.6 Å². The van der Waals surface area contributed by atoms with E-state index in [1.807, 2.05) is 0 Å². The molecule has 0 spiro atoms. The fourth-order valence-corrected chi connectivity index (χ4v) is 3.51. The predicted molar refractivity (Wildman–Crippen MR) is 65.1 cm³/mol. The maximum atomic E-state index is 11.8. The molecule has 15 heavy (non-hydrogen) atoms. The number of carbonyl (C=O) groups is 1. The van der Waals surface area contributed by atoms with Crippen LogP contribution in [0.5, 0.6) is 0 Å². The van der Waals surface area contributed by atoms with Crippen molar-refractivity contribution in [2.75, 3.05) is 0 Å². The van der Waals surface area contributed by atoms with Crippen LogP contribution < -0.4 is 0 Å². The molecule has 88 valence electrons. The molecule has 0 radical (unpaired) electrons. The Bertz CT molecular complexity index is 207. The van der Waals surface area contributed by atoms with E-state index in [2.05, 4.69) is 13.8 Å². The highest BCUT2D eigenvalue weighted by molar-refractivity contribution is 6.64. The van der Waals surface area contributed by atoms with Crippen LogP contribution in [0.2, 0.25) is 0 Å². The summed E-state index contributed by atoms with van der Waals surface area (Å²) in [5, 5.41) is -0.0671. The van der Waals surface area contributed by atoms with Gasteiger partial charge in [0, 0.05) is 5.41 Å². The lowest BCUT2D eigenvalue weighted by Gasteiger charge is -2.40. The fourth-order valence-electron chi connectivity index (χ4n) is 3.17. The maximum Gasteiger partial charge on any atom is 0.228 e. The van der Waals surface area contributed by atoms with Crippen LogP contribution in [0, 0.1) is 11.3 Å². The van der Waals surface area contributed by atoms with Crippen LogP contribution in [0.3, 0.4) is 0 Å². The van der Waals surface area contributed by atoms with Crippen LogP contribution in [0.15, 0.2) is 0 Å². The summed E-state index contributed by atoms with van der Waals surface area (Å²) in [5.41, 5.74) is -0.176. The summed E-state index contributed by atoms with van der Waals surface area (Å²) >= 11 is 5.88. The van der Waals surface area contributed by atoms with Gasteiger partial charge in [0.25, 0.3) is 0 Å². The molecule has 2 heteroatoms. The zero-order chi connectivity index (χ0) is 11.3. The summed E-state index contributed by atoms with van der Waals surface area (Å²) in [7, 11) is 0. The lowest BCUT2D eigenvalue weighted by atomic mass is 9.64. The van der Waals surface area contributed by atoms with Gasteiger partial charge in [0.1, 0.15) is 0 Å². The minimum atomic E-state index is -0.176. The van der Waals surface area contributed by atoms with E-state index in [0.29, 0.717) is 5.92 Å². The molecule has 0 aromatic carbocycles. The highest BCUT2D eigenvalue weighted by atomic mass is 35.5. The second kappa shape index (κ2) is 5.89. The molecule has 0 aliphatic heterocycles. The summed E-state index contributed by atoms with van der Waals surface area (Å²) in [6.45, 7) is 4.38. The van der Waals surface area contributed by atoms with Crippen molar-refractivity contribution in [1.82, 2.24) is 0 Å². The zero-order valence-electron chi connectivity index (χ0n) is 10.0. The number of hydrogen-bond acceptors (Lipinski definition) is 1. The van der Waals surface area contributed by atoms with Gasteiger partial charge in [-0.3, -0.25) is 4.79 Å².